The zero-order valence-electron chi connectivity index (χ0n) is 7.96. The topological polar surface area (TPSA) is 35.0 Å². The van der Waals surface area contributed by atoms with Gasteiger partial charge in [-0.05, 0) is 26.6 Å². The predicted molar refractivity (Wildman–Crippen MR) is 50.7 cm³/mol. The van der Waals surface area contributed by atoms with Crippen LogP contribution in [-0.2, 0) is 0 Å². The molecule has 0 fully saturated rings. The first-order valence-electron chi connectivity index (χ1n) is 3.95. The van der Waals surface area contributed by atoms with E-state index >= 15 is 0 Å². The monoisotopic (exact) mass is 182 g/mol. The first-order valence-corrected chi connectivity index (χ1v) is 7.35. The molecule has 0 aliphatic carbocycles. The van der Waals surface area contributed by atoms with Crippen LogP contribution in [0.5, 0.6) is 5.88 Å². The van der Waals surface area contributed by atoms with Crippen LogP contribution in [0.25, 0.3) is 0 Å². The molecule has 0 aliphatic rings. The number of hydrogen-bond acceptors (Lipinski definition) is 3. The van der Waals surface area contributed by atoms with Gasteiger partial charge in [0.05, 0.1) is 0 Å². The van der Waals surface area contributed by atoms with E-state index in [0.29, 0.717) is 0 Å². The Morgan fingerprint density at radius 1 is 1.33 bits per heavy atom. The van der Waals surface area contributed by atoms with E-state index in [-0.39, 0.29) is 0 Å². The summed E-state index contributed by atoms with van der Waals surface area (Å²) in [7, 11) is -1.52. The average Bonchev–Trinajstić information content (AvgIpc) is 1.91. The first-order chi connectivity index (χ1) is 5.49. The van der Waals surface area contributed by atoms with Crippen molar-refractivity contribution < 1.29 is 4.43 Å². The molecule has 0 saturated heterocycles. The van der Waals surface area contributed by atoms with Crippen molar-refractivity contribution >= 4 is 8.32 Å². The van der Waals surface area contributed by atoms with E-state index in [1.54, 1.807) is 6.20 Å². The number of nitrogens with zero attached hydrogens (tertiary/aromatic N) is 2. The van der Waals surface area contributed by atoms with E-state index in [2.05, 4.69) is 29.6 Å². The van der Waals surface area contributed by atoms with Crippen molar-refractivity contribution in [2.24, 2.45) is 0 Å². The number of rotatable bonds is 2. The molecular formula is C8H14N2OSi. The van der Waals surface area contributed by atoms with Gasteiger partial charge in [0.15, 0.2) is 0 Å². The molecule has 0 aromatic carbocycles. The van der Waals surface area contributed by atoms with Gasteiger partial charge in [-0.3, -0.25) is 0 Å². The molecule has 0 saturated carbocycles. The van der Waals surface area contributed by atoms with E-state index in [0.717, 1.165) is 11.4 Å². The van der Waals surface area contributed by atoms with Gasteiger partial charge in [-0.1, -0.05) is 0 Å². The quantitative estimate of drug-likeness (QED) is 0.656. The van der Waals surface area contributed by atoms with Crippen molar-refractivity contribution in [2.45, 2.75) is 26.6 Å². The minimum absolute atomic E-state index is 0.726. The summed E-state index contributed by atoms with van der Waals surface area (Å²) in [5.74, 6) is 0.726. The van der Waals surface area contributed by atoms with Gasteiger partial charge in [0.1, 0.15) is 6.33 Å². The maximum Gasteiger partial charge on any atom is 0.244 e. The number of aromatic nitrogens is 2. The van der Waals surface area contributed by atoms with E-state index in [1.807, 2.05) is 6.92 Å². The summed E-state index contributed by atoms with van der Waals surface area (Å²) in [5, 5.41) is 0. The number of hydrogen-bond donors (Lipinski definition) is 0. The SMILES string of the molecule is Cc1cncnc1O[Si](C)(C)C. The smallest absolute Gasteiger partial charge is 0.244 e. The largest absolute Gasteiger partial charge is 0.531 e. The molecule has 0 bridgehead atoms. The van der Waals surface area contributed by atoms with E-state index < -0.39 is 8.32 Å². The summed E-state index contributed by atoms with van der Waals surface area (Å²) in [4.78, 5) is 7.96. The molecule has 0 aliphatic heterocycles. The highest BCUT2D eigenvalue weighted by atomic mass is 28.4. The van der Waals surface area contributed by atoms with Crippen molar-refractivity contribution in [3.63, 3.8) is 0 Å². The molecule has 3 nitrogen and oxygen atoms in total. The summed E-state index contributed by atoms with van der Waals surface area (Å²) in [5.41, 5.74) is 1.000. The van der Waals surface area contributed by atoms with Crippen LogP contribution in [0.4, 0.5) is 0 Å². The van der Waals surface area contributed by atoms with Gasteiger partial charge in [0.2, 0.25) is 14.2 Å². The summed E-state index contributed by atoms with van der Waals surface area (Å²) in [6, 6.07) is 0. The maximum atomic E-state index is 5.72. The van der Waals surface area contributed by atoms with E-state index in [4.69, 9.17) is 4.43 Å². The van der Waals surface area contributed by atoms with Gasteiger partial charge >= 0.3 is 0 Å². The van der Waals surface area contributed by atoms with Crippen LogP contribution < -0.4 is 4.43 Å². The summed E-state index contributed by atoms with van der Waals surface area (Å²) in [6.45, 7) is 8.35. The summed E-state index contributed by atoms with van der Waals surface area (Å²) >= 11 is 0. The van der Waals surface area contributed by atoms with Gasteiger partial charge in [0, 0.05) is 11.8 Å². The Kier molecular flexibility index (Phi) is 2.47. The zero-order chi connectivity index (χ0) is 9.19. The minimum Gasteiger partial charge on any atom is -0.531 e. The van der Waals surface area contributed by atoms with Crippen LogP contribution in [0.1, 0.15) is 5.56 Å². The van der Waals surface area contributed by atoms with E-state index in [9.17, 15) is 0 Å². The van der Waals surface area contributed by atoms with Gasteiger partial charge in [-0.25, -0.2) is 9.97 Å². The van der Waals surface area contributed by atoms with Gasteiger partial charge in [-0.2, -0.15) is 0 Å². The molecule has 0 N–H and O–H groups in total. The lowest BCUT2D eigenvalue weighted by Gasteiger charge is -2.18. The molecule has 0 spiro atoms. The molecular weight excluding hydrogens is 168 g/mol. The van der Waals surface area contributed by atoms with Crippen LogP contribution in [-0.4, -0.2) is 18.3 Å². The first kappa shape index (κ1) is 9.19. The molecule has 0 unspecified atom stereocenters. The fraction of sp³-hybridized carbons (Fsp3) is 0.500. The highest BCUT2D eigenvalue weighted by molar-refractivity contribution is 6.70. The van der Waals surface area contributed by atoms with Crippen LogP contribution in [0.15, 0.2) is 12.5 Å². The minimum atomic E-state index is -1.52. The standard InChI is InChI=1S/C8H14N2OSi/c1-7-5-9-6-10-8(7)11-12(2,3)4/h5-6H,1-4H3. The van der Waals surface area contributed by atoms with Crippen LogP contribution in [0.3, 0.4) is 0 Å². The third-order valence-corrected chi connectivity index (χ3v) is 2.06. The Balaban J connectivity index is 2.83. The summed E-state index contributed by atoms with van der Waals surface area (Å²) < 4.78 is 5.72. The second kappa shape index (κ2) is 3.22. The zero-order valence-corrected chi connectivity index (χ0v) is 8.96. The molecule has 4 heteroatoms. The van der Waals surface area contributed by atoms with Gasteiger partial charge < -0.3 is 4.43 Å². The second-order valence-corrected chi connectivity index (χ2v) is 8.15. The molecule has 0 atom stereocenters. The van der Waals surface area contributed by atoms with Crippen LogP contribution in [0, 0.1) is 6.92 Å². The molecule has 1 aromatic rings. The third kappa shape index (κ3) is 2.62. The Morgan fingerprint density at radius 3 is 2.50 bits per heavy atom. The molecule has 0 amide bonds. The predicted octanol–water partition coefficient (Wildman–Crippen LogP) is 2.00. The lowest BCUT2D eigenvalue weighted by Crippen LogP contribution is -2.30. The fourth-order valence-corrected chi connectivity index (χ4v) is 1.58. The van der Waals surface area contributed by atoms with Gasteiger partial charge in [-0.15, -0.1) is 0 Å². The van der Waals surface area contributed by atoms with Crippen molar-refractivity contribution in [2.75, 3.05) is 0 Å². The fourth-order valence-electron chi connectivity index (χ4n) is 0.785. The maximum absolute atomic E-state index is 5.72. The molecule has 12 heavy (non-hydrogen) atoms. The normalized spacial score (nSPS) is 11.3. The average molecular weight is 182 g/mol. The Labute approximate surface area is 73.9 Å². The Morgan fingerprint density at radius 2 is 2.00 bits per heavy atom. The van der Waals surface area contributed by atoms with Crippen molar-refractivity contribution in [1.82, 2.24) is 9.97 Å². The molecule has 1 heterocycles. The van der Waals surface area contributed by atoms with Crippen LogP contribution in [0.2, 0.25) is 19.6 Å². The Hall–Kier alpha value is -0.903. The number of aryl methyl sites for hydroxylation is 1. The van der Waals surface area contributed by atoms with Crippen molar-refractivity contribution in [1.29, 1.82) is 0 Å². The lowest BCUT2D eigenvalue weighted by atomic mass is 10.4. The van der Waals surface area contributed by atoms with Crippen molar-refractivity contribution in [3.8, 4) is 5.88 Å². The third-order valence-electron chi connectivity index (χ3n) is 1.25. The van der Waals surface area contributed by atoms with Crippen molar-refractivity contribution in [3.05, 3.63) is 18.1 Å². The van der Waals surface area contributed by atoms with Crippen LogP contribution >= 0.6 is 0 Å². The molecule has 1 aromatic heterocycles. The second-order valence-electron chi connectivity index (χ2n) is 3.73. The van der Waals surface area contributed by atoms with E-state index in [1.165, 1.54) is 6.33 Å². The highest BCUT2D eigenvalue weighted by Gasteiger charge is 2.17. The lowest BCUT2D eigenvalue weighted by molar-refractivity contribution is 0.527. The summed E-state index contributed by atoms with van der Waals surface area (Å²) in [6.07, 6.45) is 3.28. The van der Waals surface area contributed by atoms with Gasteiger partial charge in [0.25, 0.3) is 0 Å². The molecule has 66 valence electrons. The Bertz CT molecular complexity index is 270. The molecule has 1 rings (SSSR count). The highest BCUT2D eigenvalue weighted by Crippen LogP contribution is 2.15. The molecule has 0 radical (unpaired) electrons.